The molecule has 18 heteroatoms. The van der Waals surface area contributed by atoms with E-state index in [0.29, 0.717) is 91.9 Å². The number of phenols is 1. The van der Waals surface area contributed by atoms with Crippen LogP contribution in [0.1, 0.15) is 66.3 Å². The van der Waals surface area contributed by atoms with Gasteiger partial charge in [-0.25, -0.2) is 4.98 Å². The standard InChI is InChI=1S/C46H50Cl2N10O6/c1-2-30-32(24-54-45(49)41(30)27-7-10-29(60)11-8-27)28-9-12-37(53-23-28)46(64)52-17-13-39(62)50-16-5-3-4-6-38(61)51-18-21-58-20-15-36(56-58)31-22-34(47)43(48)44-42(31)33-25-57(40(63)26-59)19-14-35(33)55-44/h7-12,15,20,22-24,55,59-60H,2-6,13-14,16-19,21,25-26H2,1H3,(H2,49,54)(H,50,62)(H,51,61)(H,52,64). The van der Waals surface area contributed by atoms with Crippen LogP contribution in [0.4, 0.5) is 5.82 Å². The van der Waals surface area contributed by atoms with Gasteiger partial charge in [-0.1, -0.05) is 54.7 Å². The number of nitrogen functional groups attached to an aromatic ring is 1. The summed E-state index contributed by atoms with van der Waals surface area (Å²) < 4.78 is 1.74. The Morgan fingerprint density at radius 3 is 2.39 bits per heavy atom. The van der Waals surface area contributed by atoms with Crippen LogP contribution in [0.25, 0.3) is 44.4 Å². The summed E-state index contributed by atoms with van der Waals surface area (Å²) >= 11 is 13.1. The molecule has 0 atom stereocenters. The van der Waals surface area contributed by atoms with Crippen LogP contribution in [-0.2, 0) is 40.3 Å². The number of anilines is 1. The number of aliphatic hydroxyl groups excluding tert-OH is 1. The number of nitrogens with one attached hydrogen (secondary N) is 4. The number of nitrogens with zero attached hydrogens (tertiary/aromatic N) is 5. The molecule has 0 aliphatic carbocycles. The van der Waals surface area contributed by atoms with E-state index in [9.17, 15) is 29.4 Å². The molecule has 4 aromatic heterocycles. The highest BCUT2D eigenvalue weighted by molar-refractivity contribution is 6.45. The first-order chi connectivity index (χ1) is 30.9. The molecular weight excluding hydrogens is 859 g/mol. The quantitative estimate of drug-likeness (QED) is 0.0512. The number of aliphatic hydroxyl groups is 1. The summed E-state index contributed by atoms with van der Waals surface area (Å²) in [5.41, 5.74) is 14.7. The number of carbonyl (C=O) groups is 4. The molecule has 334 valence electrons. The first-order valence-corrected chi connectivity index (χ1v) is 22.0. The number of pyridine rings is 2. The molecule has 64 heavy (non-hydrogen) atoms. The van der Waals surface area contributed by atoms with Gasteiger partial charge in [0.1, 0.15) is 23.9 Å². The van der Waals surface area contributed by atoms with Gasteiger partial charge in [0.2, 0.25) is 17.7 Å². The first kappa shape index (κ1) is 45.5. The van der Waals surface area contributed by atoms with Crippen molar-refractivity contribution >= 4 is 63.6 Å². The topological polar surface area (TPSA) is 233 Å². The van der Waals surface area contributed by atoms with E-state index in [1.807, 2.05) is 19.2 Å². The minimum atomic E-state index is -0.555. The van der Waals surface area contributed by atoms with Crippen molar-refractivity contribution in [3.8, 4) is 39.3 Å². The lowest BCUT2D eigenvalue weighted by Gasteiger charge is -2.26. The number of rotatable bonds is 18. The van der Waals surface area contributed by atoms with E-state index in [2.05, 4.69) is 30.9 Å². The highest BCUT2D eigenvalue weighted by atomic mass is 35.5. The molecule has 8 N–H and O–H groups in total. The molecule has 0 saturated carbocycles. The summed E-state index contributed by atoms with van der Waals surface area (Å²) in [6, 6.07) is 13.9. The molecule has 0 saturated heterocycles. The molecule has 0 fully saturated rings. The lowest BCUT2D eigenvalue weighted by Crippen LogP contribution is -2.37. The minimum absolute atomic E-state index is 0.0730. The van der Waals surface area contributed by atoms with Crippen molar-refractivity contribution in [3.05, 3.63) is 99.7 Å². The van der Waals surface area contributed by atoms with Crippen LogP contribution in [0.5, 0.6) is 5.75 Å². The maximum absolute atomic E-state index is 12.8. The van der Waals surface area contributed by atoms with Gasteiger partial charge in [0, 0.05) is 109 Å². The van der Waals surface area contributed by atoms with Crippen molar-refractivity contribution in [2.45, 2.75) is 65.0 Å². The third-order valence-electron chi connectivity index (χ3n) is 11.3. The maximum atomic E-state index is 12.8. The largest absolute Gasteiger partial charge is 0.508 e. The number of phenolic OH excluding ortho intramolecular Hbond substituents is 1. The zero-order chi connectivity index (χ0) is 45.3. The fourth-order valence-corrected chi connectivity index (χ4v) is 8.38. The van der Waals surface area contributed by atoms with E-state index < -0.39 is 12.5 Å². The summed E-state index contributed by atoms with van der Waals surface area (Å²) in [5.74, 6) is -0.453. The number of halogens is 2. The SMILES string of the molecule is CCc1c(-c2ccc(C(=O)NCCC(=O)NCCCCCC(=O)NCCn3ccc(-c4cc(Cl)c(Cl)c5[nH]c6c(c45)CN(C(=O)CO)CC6)n3)nc2)cnc(N)c1-c1ccc(O)cc1. The number of aromatic hydroxyl groups is 1. The van der Waals surface area contributed by atoms with Gasteiger partial charge in [-0.15, -0.1) is 0 Å². The molecule has 2 aromatic carbocycles. The van der Waals surface area contributed by atoms with E-state index >= 15 is 0 Å². The highest BCUT2D eigenvalue weighted by Crippen LogP contribution is 2.42. The predicted molar refractivity (Wildman–Crippen MR) is 246 cm³/mol. The number of hydrogen-bond acceptors (Lipinski definition) is 10. The van der Waals surface area contributed by atoms with Gasteiger partial charge in [0.25, 0.3) is 5.91 Å². The zero-order valence-electron chi connectivity index (χ0n) is 35.3. The van der Waals surface area contributed by atoms with Gasteiger partial charge in [0.15, 0.2) is 0 Å². The molecule has 0 unspecified atom stereocenters. The summed E-state index contributed by atoms with van der Waals surface area (Å²) in [5, 5.41) is 34.0. The van der Waals surface area contributed by atoms with Gasteiger partial charge in [0.05, 0.1) is 27.8 Å². The molecule has 0 spiro atoms. The molecule has 16 nitrogen and oxygen atoms in total. The van der Waals surface area contributed by atoms with E-state index in [1.165, 1.54) is 0 Å². The van der Waals surface area contributed by atoms with Crippen LogP contribution in [0.15, 0.2) is 67.1 Å². The van der Waals surface area contributed by atoms with E-state index in [0.717, 1.165) is 56.4 Å². The van der Waals surface area contributed by atoms with Crippen molar-refractivity contribution < 1.29 is 29.4 Å². The molecule has 5 heterocycles. The number of aromatic amines is 1. The van der Waals surface area contributed by atoms with Crippen LogP contribution >= 0.6 is 23.2 Å². The second kappa shape index (κ2) is 20.8. The summed E-state index contributed by atoms with van der Waals surface area (Å²) in [6.07, 6.45) is 8.99. The Hall–Kier alpha value is -6.49. The van der Waals surface area contributed by atoms with Crippen molar-refractivity contribution in [2.75, 3.05) is 38.5 Å². The fourth-order valence-electron chi connectivity index (χ4n) is 7.98. The molecule has 1 aliphatic heterocycles. The molecule has 0 bridgehead atoms. The Balaban J connectivity index is 0.788. The predicted octanol–water partition coefficient (Wildman–Crippen LogP) is 5.80. The molecule has 4 amide bonds. The van der Waals surface area contributed by atoms with Crippen molar-refractivity contribution in [1.82, 2.24) is 45.6 Å². The Labute approximate surface area is 379 Å². The number of benzene rings is 2. The third kappa shape index (κ3) is 10.5. The number of nitrogens with two attached hydrogens (primary N) is 1. The Kier molecular flexibility index (Phi) is 14.8. The normalized spacial score (nSPS) is 12.3. The number of carbonyl (C=O) groups excluding carboxylic acids is 4. The van der Waals surface area contributed by atoms with Gasteiger partial charge >= 0.3 is 0 Å². The van der Waals surface area contributed by atoms with Crippen LogP contribution in [0.3, 0.4) is 0 Å². The molecule has 7 rings (SSSR count). The smallest absolute Gasteiger partial charge is 0.269 e. The number of hydrogen-bond donors (Lipinski definition) is 7. The van der Waals surface area contributed by atoms with Gasteiger partial charge in [-0.05, 0) is 60.7 Å². The number of unbranched alkanes of at least 4 members (excludes halogenated alkanes) is 2. The molecule has 6 aromatic rings. The van der Waals surface area contributed by atoms with Crippen LogP contribution in [0.2, 0.25) is 10.0 Å². The number of fused-ring (bicyclic) bond motifs is 3. The average molecular weight is 910 g/mol. The Morgan fingerprint density at radius 2 is 1.64 bits per heavy atom. The van der Waals surface area contributed by atoms with E-state index in [4.69, 9.17) is 34.0 Å². The number of amides is 4. The third-order valence-corrected chi connectivity index (χ3v) is 12.1. The monoisotopic (exact) mass is 908 g/mol. The molecule has 0 radical (unpaired) electrons. The number of aromatic nitrogens is 5. The second-order valence-corrected chi connectivity index (χ2v) is 16.3. The lowest BCUT2D eigenvalue weighted by atomic mass is 9.92. The number of H-pyrrole nitrogens is 1. The van der Waals surface area contributed by atoms with Crippen molar-refractivity contribution in [1.29, 1.82) is 0 Å². The van der Waals surface area contributed by atoms with Gasteiger partial charge in [-0.2, -0.15) is 5.10 Å². The Bertz CT molecular complexity index is 2660. The van der Waals surface area contributed by atoms with Crippen LogP contribution in [-0.4, -0.2) is 96.3 Å². The lowest BCUT2D eigenvalue weighted by molar-refractivity contribution is -0.135. The van der Waals surface area contributed by atoms with E-state index in [1.54, 1.807) is 64.4 Å². The summed E-state index contributed by atoms with van der Waals surface area (Å²) in [6.45, 7) is 3.72. The fraction of sp³-hybridized carbons (Fsp3) is 0.326. The van der Waals surface area contributed by atoms with Gasteiger partial charge < -0.3 is 41.8 Å². The van der Waals surface area contributed by atoms with E-state index in [-0.39, 0.29) is 42.1 Å². The second-order valence-electron chi connectivity index (χ2n) is 15.5. The van der Waals surface area contributed by atoms with Crippen LogP contribution < -0.4 is 21.7 Å². The van der Waals surface area contributed by atoms with Gasteiger partial charge in [-0.3, -0.25) is 28.8 Å². The molecule has 1 aliphatic rings. The molecular formula is C46H50Cl2N10O6. The average Bonchev–Trinajstić information content (AvgIpc) is 3.94. The summed E-state index contributed by atoms with van der Waals surface area (Å²) in [4.78, 5) is 63.8. The zero-order valence-corrected chi connectivity index (χ0v) is 36.9. The minimum Gasteiger partial charge on any atom is -0.508 e. The van der Waals surface area contributed by atoms with Crippen molar-refractivity contribution in [2.24, 2.45) is 0 Å². The van der Waals surface area contributed by atoms with Crippen LogP contribution in [0, 0.1) is 0 Å². The summed E-state index contributed by atoms with van der Waals surface area (Å²) in [7, 11) is 0. The highest BCUT2D eigenvalue weighted by Gasteiger charge is 2.27. The Morgan fingerprint density at radius 1 is 0.875 bits per heavy atom. The van der Waals surface area contributed by atoms with Crippen molar-refractivity contribution in [3.63, 3.8) is 0 Å². The first-order valence-electron chi connectivity index (χ1n) is 21.2. The maximum Gasteiger partial charge on any atom is 0.269 e.